The first-order chi connectivity index (χ1) is 13.0. The zero-order chi connectivity index (χ0) is 19.0. The first-order valence-corrected chi connectivity index (χ1v) is 8.75. The first kappa shape index (κ1) is 17.0. The molecule has 0 spiro atoms. The molecule has 0 aliphatic carbocycles. The van der Waals surface area contributed by atoms with E-state index in [9.17, 15) is 14.9 Å². The lowest BCUT2D eigenvalue weighted by atomic mass is 9.87. The highest BCUT2D eigenvalue weighted by atomic mass is 16.6. The van der Waals surface area contributed by atoms with E-state index in [0.29, 0.717) is 6.42 Å². The van der Waals surface area contributed by atoms with Crippen molar-refractivity contribution >= 4 is 17.3 Å². The Morgan fingerprint density at radius 3 is 2.48 bits per heavy atom. The van der Waals surface area contributed by atoms with Crippen molar-refractivity contribution in [2.75, 3.05) is 4.90 Å². The van der Waals surface area contributed by atoms with Gasteiger partial charge in [-0.15, -0.1) is 0 Å². The lowest BCUT2D eigenvalue weighted by Gasteiger charge is -2.37. The number of fused-ring (bicyclic) bond motifs is 1. The molecule has 0 aromatic heterocycles. The molecule has 5 heteroatoms. The van der Waals surface area contributed by atoms with Crippen molar-refractivity contribution in [1.82, 2.24) is 0 Å². The van der Waals surface area contributed by atoms with Crippen molar-refractivity contribution in [1.29, 1.82) is 0 Å². The highest BCUT2D eigenvalue weighted by Gasteiger charge is 2.35. The van der Waals surface area contributed by atoms with Crippen LogP contribution in [-0.2, 0) is 11.2 Å². The maximum atomic E-state index is 13.0. The number of hydrogen-bond donors (Lipinski definition) is 0. The molecule has 1 amide bonds. The molecule has 0 saturated carbocycles. The van der Waals surface area contributed by atoms with Gasteiger partial charge in [-0.25, -0.2) is 0 Å². The SMILES string of the molecule is Cc1ccc(N2C(=O)Cc3ccccc3[C@H]2c2cccc([N+](=O)[O-])c2)cc1. The van der Waals surface area contributed by atoms with E-state index in [1.807, 2.05) is 61.5 Å². The van der Waals surface area contributed by atoms with E-state index in [1.54, 1.807) is 17.0 Å². The monoisotopic (exact) mass is 358 g/mol. The summed E-state index contributed by atoms with van der Waals surface area (Å²) in [6.45, 7) is 2.00. The van der Waals surface area contributed by atoms with Crippen molar-refractivity contribution in [3.8, 4) is 0 Å². The third-order valence-electron chi connectivity index (χ3n) is 4.93. The Balaban J connectivity index is 1.91. The molecule has 0 unspecified atom stereocenters. The third-order valence-corrected chi connectivity index (χ3v) is 4.93. The number of aryl methyl sites for hydroxylation is 1. The van der Waals surface area contributed by atoms with Gasteiger partial charge in [0.25, 0.3) is 5.69 Å². The summed E-state index contributed by atoms with van der Waals surface area (Å²) < 4.78 is 0. The minimum atomic E-state index is -0.406. The van der Waals surface area contributed by atoms with Gasteiger partial charge in [0.05, 0.1) is 17.4 Å². The van der Waals surface area contributed by atoms with Gasteiger partial charge >= 0.3 is 0 Å². The number of anilines is 1. The molecule has 134 valence electrons. The Hall–Kier alpha value is -3.47. The van der Waals surface area contributed by atoms with Crippen LogP contribution in [0.3, 0.4) is 0 Å². The summed E-state index contributed by atoms with van der Waals surface area (Å²) in [6, 6.07) is 21.7. The molecule has 0 N–H and O–H groups in total. The van der Waals surface area contributed by atoms with Gasteiger partial charge in [0.2, 0.25) is 5.91 Å². The molecule has 4 rings (SSSR count). The van der Waals surface area contributed by atoms with Crippen molar-refractivity contribution in [2.45, 2.75) is 19.4 Å². The van der Waals surface area contributed by atoms with Crippen molar-refractivity contribution < 1.29 is 9.72 Å². The summed E-state index contributed by atoms with van der Waals surface area (Å²) in [5.74, 6) is -0.0194. The van der Waals surface area contributed by atoms with E-state index in [1.165, 1.54) is 6.07 Å². The van der Waals surface area contributed by atoms with E-state index in [2.05, 4.69) is 0 Å². The standard InChI is InChI=1S/C22H18N2O3/c1-15-9-11-18(12-10-15)23-21(25)14-16-5-2-3-8-20(16)22(23)17-6-4-7-19(13-17)24(26)27/h2-13,22H,14H2,1H3/t22-/m1/s1. The van der Waals surface area contributed by atoms with Crippen molar-refractivity contribution in [3.05, 3.63) is 105 Å². The molecule has 3 aromatic carbocycles. The van der Waals surface area contributed by atoms with Gasteiger partial charge in [-0.05, 0) is 35.7 Å². The number of benzene rings is 3. The number of rotatable bonds is 3. The summed E-state index contributed by atoms with van der Waals surface area (Å²) >= 11 is 0. The second-order valence-corrected chi connectivity index (χ2v) is 6.73. The first-order valence-electron chi connectivity index (χ1n) is 8.75. The number of non-ortho nitro benzene ring substituents is 1. The number of carbonyl (C=O) groups excluding carboxylic acids is 1. The molecule has 1 aliphatic heterocycles. The highest BCUT2D eigenvalue weighted by Crippen LogP contribution is 2.39. The summed E-state index contributed by atoms with van der Waals surface area (Å²) in [4.78, 5) is 25.6. The van der Waals surface area contributed by atoms with Crippen LogP contribution in [-0.4, -0.2) is 10.8 Å². The van der Waals surface area contributed by atoms with Gasteiger partial charge < -0.3 is 4.90 Å². The number of carbonyl (C=O) groups is 1. The van der Waals surface area contributed by atoms with Gasteiger partial charge in [-0.1, -0.05) is 54.1 Å². The van der Waals surface area contributed by atoms with Gasteiger partial charge in [0.15, 0.2) is 0 Å². The zero-order valence-corrected chi connectivity index (χ0v) is 14.8. The van der Waals surface area contributed by atoms with Crippen LogP contribution >= 0.6 is 0 Å². The molecular weight excluding hydrogens is 340 g/mol. The molecule has 0 fully saturated rings. The Morgan fingerprint density at radius 1 is 1.00 bits per heavy atom. The normalized spacial score (nSPS) is 16.1. The van der Waals surface area contributed by atoms with Crippen LogP contribution in [0, 0.1) is 17.0 Å². The fraction of sp³-hybridized carbons (Fsp3) is 0.136. The quantitative estimate of drug-likeness (QED) is 0.508. The molecule has 1 aliphatic rings. The molecule has 1 atom stereocenters. The Kier molecular flexibility index (Phi) is 4.20. The van der Waals surface area contributed by atoms with Crippen LogP contribution < -0.4 is 4.90 Å². The second-order valence-electron chi connectivity index (χ2n) is 6.73. The van der Waals surface area contributed by atoms with Gasteiger partial charge in [0, 0.05) is 17.8 Å². The lowest BCUT2D eigenvalue weighted by Crippen LogP contribution is -2.41. The van der Waals surface area contributed by atoms with Crippen molar-refractivity contribution in [2.24, 2.45) is 0 Å². The van der Waals surface area contributed by atoms with Crippen LogP contribution in [0.25, 0.3) is 0 Å². The maximum Gasteiger partial charge on any atom is 0.269 e. The van der Waals surface area contributed by atoms with Crippen LogP contribution in [0.15, 0.2) is 72.8 Å². The second kappa shape index (κ2) is 6.68. The molecule has 27 heavy (non-hydrogen) atoms. The smallest absolute Gasteiger partial charge is 0.269 e. The van der Waals surface area contributed by atoms with E-state index >= 15 is 0 Å². The molecule has 0 bridgehead atoms. The zero-order valence-electron chi connectivity index (χ0n) is 14.8. The molecule has 3 aromatic rings. The number of nitrogens with zero attached hydrogens (tertiary/aromatic N) is 2. The summed E-state index contributed by atoms with van der Waals surface area (Å²) in [7, 11) is 0. The van der Waals surface area contributed by atoms with Gasteiger partial charge in [-0.3, -0.25) is 14.9 Å². The Labute approximate surface area is 157 Å². The average Bonchev–Trinajstić information content (AvgIpc) is 2.68. The van der Waals surface area contributed by atoms with E-state index in [0.717, 1.165) is 27.9 Å². The molecule has 1 heterocycles. The van der Waals surface area contributed by atoms with Crippen LogP contribution in [0.5, 0.6) is 0 Å². The molecule has 0 radical (unpaired) electrons. The van der Waals surface area contributed by atoms with E-state index < -0.39 is 11.0 Å². The van der Waals surface area contributed by atoms with Crippen LogP contribution in [0.2, 0.25) is 0 Å². The van der Waals surface area contributed by atoms with E-state index in [-0.39, 0.29) is 11.6 Å². The minimum Gasteiger partial charge on any atom is -0.300 e. The predicted octanol–water partition coefficient (Wildman–Crippen LogP) is 4.58. The summed E-state index contributed by atoms with van der Waals surface area (Å²) in [6.07, 6.45) is 0.315. The van der Waals surface area contributed by atoms with Crippen LogP contribution in [0.1, 0.15) is 28.3 Å². The van der Waals surface area contributed by atoms with E-state index in [4.69, 9.17) is 0 Å². The molecule has 0 saturated heterocycles. The molecule has 5 nitrogen and oxygen atoms in total. The average molecular weight is 358 g/mol. The Bertz CT molecular complexity index is 1030. The fourth-order valence-corrected chi connectivity index (χ4v) is 3.63. The summed E-state index contributed by atoms with van der Waals surface area (Å²) in [5.41, 5.74) is 4.60. The third kappa shape index (κ3) is 3.08. The Morgan fingerprint density at radius 2 is 1.74 bits per heavy atom. The predicted molar refractivity (Wildman–Crippen MR) is 104 cm³/mol. The fourth-order valence-electron chi connectivity index (χ4n) is 3.63. The number of nitro groups is 1. The van der Waals surface area contributed by atoms with Gasteiger partial charge in [-0.2, -0.15) is 0 Å². The largest absolute Gasteiger partial charge is 0.300 e. The molecular formula is C22H18N2O3. The summed E-state index contributed by atoms with van der Waals surface area (Å²) in [5, 5.41) is 11.3. The number of amides is 1. The minimum absolute atomic E-state index is 0.0194. The van der Waals surface area contributed by atoms with Crippen LogP contribution in [0.4, 0.5) is 11.4 Å². The lowest BCUT2D eigenvalue weighted by molar-refractivity contribution is -0.384. The topological polar surface area (TPSA) is 63.5 Å². The number of nitro benzene ring substituents is 1. The maximum absolute atomic E-state index is 13.0. The number of hydrogen-bond acceptors (Lipinski definition) is 3. The highest BCUT2D eigenvalue weighted by molar-refractivity contribution is 5.98. The van der Waals surface area contributed by atoms with Gasteiger partial charge in [0.1, 0.15) is 0 Å². The van der Waals surface area contributed by atoms with Crippen molar-refractivity contribution in [3.63, 3.8) is 0 Å².